The van der Waals surface area contributed by atoms with E-state index in [-0.39, 0.29) is 5.75 Å². The average Bonchev–Trinajstić information content (AvgIpc) is 2.40. The fourth-order valence-corrected chi connectivity index (χ4v) is 1.83. The third-order valence-electron chi connectivity index (χ3n) is 2.87. The van der Waals surface area contributed by atoms with Crippen molar-refractivity contribution in [3.05, 3.63) is 59.4 Å². The van der Waals surface area contributed by atoms with Crippen LogP contribution in [0.25, 0.3) is 0 Å². The summed E-state index contributed by atoms with van der Waals surface area (Å²) in [5.41, 5.74) is 2.23. The zero-order valence-electron chi connectivity index (χ0n) is 11.3. The number of hydrogen-bond acceptors (Lipinski definition) is 3. The van der Waals surface area contributed by atoms with Crippen molar-refractivity contribution in [1.82, 2.24) is 4.98 Å². The van der Waals surface area contributed by atoms with Gasteiger partial charge in [0.2, 0.25) is 0 Å². The number of alkyl halides is 3. The number of ether oxygens (including phenoxy) is 1. The maximum atomic E-state index is 12.0. The number of aliphatic hydroxyl groups excluding tert-OH is 1. The molecule has 1 unspecified atom stereocenters. The van der Waals surface area contributed by atoms with Gasteiger partial charge in [0.1, 0.15) is 5.75 Å². The molecule has 0 aliphatic carbocycles. The van der Waals surface area contributed by atoms with Gasteiger partial charge in [-0.2, -0.15) is 0 Å². The average molecular weight is 297 g/mol. The van der Waals surface area contributed by atoms with Crippen LogP contribution in [-0.4, -0.2) is 16.5 Å². The quantitative estimate of drug-likeness (QED) is 0.938. The van der Waals surface area contributed by atoms with Gasteiger partial charge in [-0.3, -0.25) is 4.98 Å². The molecule has 2 rings (SSSR count). The minimum atomic E-state index is -4.72. The van der Waals surface area contributed by atoms with Gasteiger partial charge < -0.3 is 9.84 Å². The van der Waals surface area contributed by atoms with Crippen LogP contribution >= 0.6 is 0 Å². The monoisotopic (exact) mass is 297 g/mol. The largest absolute Gasteiger partial charge is 0.573 e. The molecule has 6 heteroatoms. The fourth-order valence-electron chi connectivity index (χ4n) is 1.83. The summed E-state index contributed by atoms with van der Waals surface area (Å²) in [5, 5.41) is 10.1. The predicted molar refractivity (Wildman–Crippen MR) is 70.8 cm³/mol. The van der Waals surface area contributed by atoms with E-state index in [1.807, 2.05) is 13.0 Å². The van der Waals surface area contributed by atoms with Gasteiger partial charge in [0.05, 0.1) is 6.10 Å². The van der Waals surface area contributed by atoms with Gasteiger partial charge in [0.25, 0.3) is 0 Å². The van der Waals surface area contributed by atoms with Gasteiger partial charge in [-0.15, -0.1) is 13.2 Å². The van der Waals surface area contributed by atoms with E-state index in [4.69, 9.17) is 0 Å². The van der Waals surface area contributed by atoms with Crippen LogP contribution in [0, 0.1) is 6.92 Å². The van der Waals surface area contributed by atoms with Crippen molar-refractivity contribution in [1.29, 1.82) is 0 Å². The summed E-state index contributed by atoms with van der Waals surface area (Å²) in [5.74, 6) is -0.313. The second-order valence-electron chi connectivity index (χ2n) is 4.66. The second-order valence-corrected chi connectivity index (χ2v) is 4.66. The Hall–Kier alpha value is -2.08. The first kappa shape index (κ1) is 15.3. The highest BCUT2D eigenvalue weighted by Gasteiger charge is 2.31. The third kappa shape index (κ3) is 4.75. The number of aliphatic hydroxyl groups is 1. The van der Waals surface area contributed by atoms with Crippen LogP contribution in [0.5, 0.6) is 5.75 Å². The number of pyridine rings is 1. The first-order valence-corrected chi connectivity index (χ1v) is 6.29. The number of rotatable bonds is 4. The highest BCUT2D eigenvalue weighted by Crippen LogP contribution is 2.25. The molecule has 1 heterocycles. The third-order valence-corrected chi connectivity index (χ3v) is 2.87. The summed E-state index contributed by atoms with van der Waals surface area (Å²) < 4.78 is 39.9. The molecule has 0 aliphatic heterocycles. The normalized spacial score (nSPS) is 13.0. The van der Waals surface area contributed by atoms with Crippen LogP contribution in [0.4, 0.5) is 13.2 Å². The van der Waals surface area contributed by atoms with Gasteiger partial charge >= 0.3 is 6.36 Å². The molecule has 0 radical (unpaired) electrons. The Morgan fingerprint density at radius 3 is 2.33 bits per heavy atom. The highest BCUT2D eigenvalue weighted by molar-refractivity contribution is 5.29. The van der Waals surface area contributed by atoms with Crippen molar-refractivity contribution in [3.8, 4) is 5.75 Å². The van der Waals surface area contributed by atoms with Crippen LogP contribution < -0.4 is 4.74 Å². The number of halogens is 3. The SMILES string of the molecule is Cc1ccc(CC(O)c2ccc(OC(F)(F)F)cc2)nc1. The van der Waals surface area contributed by atoms with Crippen LogP contribution in [0.15, 0.2) is 42.6 Å². The van der Waals surface area contributed by atoms with Gasteiger partial charge in [-0.1, -0.05) is 18.2 Å². The smallest absolute Gasteiger partial charge is 0.406 e. The molecule has 1 aromatic carbocycles. The fraction of sp³-hybridized carbons (Fsp3) is 0.267. The Kier molecular flexibility index (Phi) is 4.47. The zero-order chi connectivity index (χ0) is 15.5. The maximum absolute atomic E-state index is 12.0. The van der Waals surface area contributed by atoms with E-state index in [9.17, 15) is 18.3 Å². The minimum Gasteiger partial charge on any atom is -0.406 e. The molecule has 1 N–H and O–H groups in total. The molecule has 0 saturated heterocycles. The topological polar surface area (TPSA) is 42.4 Å². The number of nitrogens with zero attached hydrogens (tertiary/aromatic N) is 1. The van der Waals surface area contributed by atoms with Crippen LogP contribution in [0.1, 0.15) is 22.9 Å². The van der Waals surface area contributed by atoms with Crippen LogP contribution in [-0.2, 0) is 6.42 Å². The molecule has 1 atom stereocenters. The molecule has 1 aromatic heterocycles. The lowest BCUT2D eigenvalue weighted by atomic mass is 10.0. The first-order valence-electron chi connectivity index (χ1n) is 6.29. The van der Waals surface area contributed by atoms with Gasteiger partial charge in [-0.05, 0) is 36.2 Å². The van der Waals surface area contributed by atoms with Crippen molar-refractivity contribution >= 4 is 0 Å². The predicted octanol–water partition coefficient (Wildman–Crippen LogP) is 3.56. The number of aromatic nitrogens is 1. The zero-order valence-corrected chi connectivity index (χ0v) is 11.3. The van der Waals surface area contributed by atoms with Crippen molar-refractivity contribution in [2.24, 2.45) is 0 Å². The molecular formula is C15H14F3NO2. The van der Waals surface area contributed by atoms with Gasteiger partial charge in [-0.25, -0.2) is 0 Å². The number of aryl methyl sites for hydroxylation is 1. The lowest BCUT2D eigenvalue weighted by molar-refractivity contribution is -0.274. The van der Waals surface area contributed by atoms with Gasteiger partial charge in [0.15, 0.2) is 0 Å². The van der Waals surface area contributed by atoms with E-state index in [1.165, 1.54) is 24.3 Å². The molecule has 0 aliphatic rings. The summed E-state index contributed by atoms with van der Waals surface area (Å²) >= 11 is 0. The Balaban J connectivity index is 2.02. The standard InChI is InChI=1S/C15H14F3NO2/c1-10-2-5-12(19-9-10)8-14(20)11-3-6-13(7-4-11)21-15(16,17)18/h2-7,9,14,20H,8H2,1H3. The minimum absolute atomic E-state index is 0.291. The van der Waals surface area contributed by atoms with Crippen molar-refractivity contribution in [2.45, 2.75) is 25.8 Å². The molecule has 0 amide bonds. The molecule has 0 fully saturated rings. The van der Waals surface area contributed by atoms with E-state index >= 15 is 0 Å². The van der Waals surface area contributed by atoms with Gasteiger partial charge in [0, 0.05) is 18.3 Å². The van der Waals surface area contributed by atoms with Crippen molar-refractivity contribution < 1.29 is 23.0 Å². The van der Waals surface area contributed by atoms with Crippen LogP contribution in [0.3, 0.4) is 0 Å². The molecular weight excluding hydrogens is 283 g/mol. The molecule has 0 saturated carbocycles. The lowest BCUT2D eigenvalue weighted by Gasteiger charge is -2.12. The maximum Gasteiger partial charge on any atom is 0.573 e. The molecule has 112 valence electrons. The molecule has 0 spiro atoms. The number of benzene rings is 1. The summed E-state index contributed by atoms with van der Waals surface area (Å²) in [6, 6.07) is 8.85. The summed E-state index contributed by atoms with van der Waals surface area (Å²) in [7, 11) is 0. The summed E-state index contributed by atoms with van der Waals surface area (Å²) in [4.78, 5) is 4.18. The van der Waals surface area contributed by atoms with E-state index < -0.39 is 12.5 Å². The lowest BCUT2D eigenvalue weighted by Crippen LogP contribution is -2.17. The Bertz CT molecular complexity index is 579. The first-order chi connectivity index (χ1) is 9.83. The molecule has 21 heavy (non-hydrogen) atoms. The van der Waals surface area contributed by atoms with Crippen molar-refractivity contribution in [3.63, 3.8) is 0 Å². The van der Waals surface area contributed by atoms with Crippen molar-refractivity contribution in [2.75, 3.05) is 0 Å². The van der Waals surface area contributed by atoms with E-state index in [1.54, 1.807) is 12.3 Å². The second kappa shape index (κ2) is 6.13. The van der Waals surface area contributed by atoms with Crippen LogP contribution in [0.2, 0.25) is 0 Å². The van der Waals surface area contributed by atoms with E-state index in [0.29, 0.717) is 17.7 Å². The van der Waals surface area contributed by atoms with E-state index in [2.05, 4.69) is 9.72 Å². The highest BCUT2D eigenvalue weighted by atomic mass is 19.4. The Morgan fingerprint density at radius 2 is 1.81 bits per heavy atom. The Morgan fingerprint density at radius 1 is 1.14 bits per heavy atom. The molecule has 3 nitrogen and oxygen atoms in total. The molecule has 2 aromatic rings. The summed E-state index contributed by atoms with van der Waals surface area (Å²) in [6.07, 6.45) is -3.56. The molecule has 0 bridgehead atoms. The van der Waals surface area contributed by atoms with E-state index in [0.717, 1.165) is 5.56 Å². The number of hydrogen-bond donors (Lipinski definition) is 1. The summed E-state index contributed by atoms with van der Waals surface area (Å²) in [6.45, 7) is 1.91. The Labute approximate surface area is 120 Å².